The Labute approximate surface area is 104 Å². The average Bonchev–Trinajstić information content (AvgIpc) is 2.39. The number of rotatable bonds is 3. The summed E-state index contributed by atoms with van der Waals surface area (Å²) in [7, 11) is 0. The van der Waals surface area contributed by atoms with Gasteiger partial charge in [-0.3, -0.25) is 0 Å². The summed E-state index contributed by atoms with van der Waals surface area (Å²) in [5.41, 5.74) is 1.44. The molecule has 0 bridgehead atoms. The lowest BCUT2D eigenvalue weighted by molar-refractivity contribution is 0.0633. The Bertz CT molecular complexity index is 355. The van der Waals surface area contributed by atoms with Crippen LogP contribution < -0.4 is 0 Å². The summed E-state index contributed by atoms with van der Waals surface area (Å²) in [4.78, 5) is 0. The summed E-state index contributed by atoms with van der Waals surface area (Å²) in [6.07, 6.45) is 8.36. The molecule has 0 amide bonds. The Kier molecular flexibility index (Phi) is 4.38. The molecule has 1 aliphatic carbocycles. The first-order valence-corrected chi connectivity index (χ1v) is 6.65. The van der Waals surface area contributed by atoms with Gasteiger partial charge in [0.2, 0.25) is 0 Å². The molecule has 0 aliphatic heterocycles. The standard InChI is InChI=1S/C16H22O/c1-2-3-7-15-12-14(10-11-16(15)17)13-8-5-4-6-9-13/h2-6,8-9,14-17H,7,10-12H2,1H3. The lowest BCUT2D eigenvalue weighted by Crippen LogP contribution is -2.27. The quantitative estimate of drug-likeness (QED) is 0.781. The number of aliphatic hydroxyl groups excluding tert-OH is 1. The van der Waals surface area contributed by atoms with Gasteiger partial charge in [0.1, 0.15) is 0 Å². The van der Waals surface area contributed by atoms with Crippen LogP contribution in [0.3, 0.4) is 0 Å². The molecule has 1 N–H and O–H groups in total. The summed E-state index contributed by atoms with van der Waals surface area (Å²) in [5, 5.41) is 10.0. The van der Waals surface area contributed by atoms with E-state index in [1.54, 1.807) is 0 Å². The van der Waals surface area contributed by atoms with Crippen molar-refractivity contribution in [2.75, 3.05) is 0 Å². The highest BCUT2D eigenvalue weighted by atomic mass is 16.3. The highest BCUT2D eigenvalue weighted by molar-refractivity contribution is 5.20. The molecule has 1 heteroatoms. The molecule has 3 atom stereocenters. The topological polar surface area (TPSA) is 20.2 Å². The number of hydrogen-bond acceptors (Lipinski definition) is 1. The van der Waals surface area contributed by atoms with E-state index < -0.39 is 0 Å². The van der Waals surface area contributed by atoms with Gasteiger partial charge in [0, 0.05) is 0 Å². The van der Waals surface area contributed by atoms with Crippen molar-refractivity contribution in [3.63, 3.8) is 0 Å². The van der Waals surface area contributed by atoms with Gasteiger partial charge in [-0.1, -0.05) is 42.5 Å². The first-order valence-electron chi connectivity index (χ1n) is 6.65. The van der Waals surface area contributed by atoms with E-state index in [-0.39, 0.29) is 6.10 Å². The molecule has 0 heterocycles. The summed E-state index contributed by atoms with van der Waals surface area (Å²) < 4.78 is 0. The van der Waals surface area contributed by atoms with E-state index in [2.05, 4.69) is 42.5 Å². The molecule has 1 aromatic carbocycles. The molecule has 0 radical (unpaired) electrons. The maximum atomic E-state index is 10.0. The first-order chi connectivity index (χ1) is 8.31. The Morgan fingerprint density at radius 3 is 2.71 bits per heavy atom. The molecular weight excluding hydrogens is 208 g/mol. The van der Waals surface area contributed by atoms with Crippen molar-refractivity contribution < 1.29 is 5.11 Å². The Hall–Kier alpha value is -1.08. The van der Waals surface area contributed by atoms with Crippen molar-refractivity contribution in [1.29, 1.82) is 0 Å². The minimum Gasteiger partial charge on any atom is -0.393 e. The maximum absolute atomic E-state index is 10.0. The van der Waals surface area contributed by atoms with Gasteiger partial charge in [0.15, 0.2) is 0 Å². The predicted octanol–water partition coefficient (Wildman–Crippen LogP) is 3.90. The molecular formula is C16H22O. The third-order valence-electron chi connectivity index (χ3n) is 3.89. The lowest BCUT2D eigenvalue weighted by atomic mass is 9.75. The van der Waals surface area contributed by atoms with Crippen LogP contribution in [0, 0.1) is 5.92 Å². The van der Waals surface area contributed by atoms with Crippen molar-refractivity contribution in [3.8, 4) is 0 Å². The average molecular weight is 230 g/mol. The van der Waals surface area contributed by atoms with Gasteiger partial charge in [-0.25, -0.2) is 0 Å². The van der Waals surface area contributed by atoms with E-state index in [0.29, 0.717) is 11.8 Å². The van der Waals surface area contributed by atoms with Crippen molar-refractivity contribution in [2.24, 2.45) is 5.92 Å². The highest BCUT2D eigenvalue weighted by Gasteiger charge is 2.28. The number of aliphatic hydroxyl groups is 1. The minimum absolute atomic E-state index is 0.105. The fourth-order valence-corrected chi connectivity index (χ4v) is 2.84. The van der Waals surface area contributed by atoms with Crippen LogP contribution in [-0.4, -0.2) is 11.2 Å². The van der Waals surface area contributed by atoms with E-state index in [9.17, 15) is 5.11 Å². The SMILES string of the molecule is CC=CCC1CC(c2ccccc2)CCC1O. The van der Waals surface area contributed by atoms with E-state index >= 15 is 0 Å². The molecule has 92 valence electrons. The number of allylic oxidation sites excluding steroid dienone is 2. The summed E-state index contributed by atoms with van der Waals surface area (Å²) in [6, 6.07) is 10.7. The van der Waals surface area contributed by atoms with E-state index in [4.69, 9.17) is 0 Å². The number of benzene rings is 1. The molecule has 0 saturated heterocycles. The van der Waals surface area contributed by atoms with E-state index in [1.165, 1.54) is 5.56 Å². The molecule has 1 saturated carbocycles. The van der Waals surface area contributed by atoms with Crippen molar-refractivity contribution in [1.82, 2.24) is 0 Å². The van der Waals surface area contributed by atoms with Gasteiger partial charge >= 0.3 is 0 Å². The second-order valence-electron chi connectivity index (χ2n) is 5.05. The maximum Gasteiger partial charge on any atom is 0.0571 e. The van der Waals surface area contributed by atoms with Gasteiger partial charge in [0.05, 0.1) is 6.10 Å². The van der Waals surface area contributed by atoms with E-state index in [0.717, 1.165) is 25.7 Å². The minimum atomic E-state index is -0.105. The summed E-state index contributed by atoms with van der Waals surface area (Å²) >= 11 is 0. The smallest absolute Gasteiger partial charge is 0.0571 e. The van der Waals surface area contributed by atoms with Crippen molar-refractivity contribution in [2.45, 2.75) is 44.6 Å². The van der Waals surface area contributed by atoms with Gasteiger partial charge < -0.3 is 5.11 Å². The Morgan fingerprint density at radius 1 is 1.24 bits per heavy atom. The molecule has 1 fully saturated rings. The molecule has 0 aromatic heterocycles. The van der Waals surface area contributed by atoms with Crippen LogP contribution in [0.1, 0.15) is 44.1 Å². The molecule has 0 spiro atoms. The van der Waals surface area contributed by atoms with Gasteiger partial charge in [0.25, 0.3) is 0 Å². The van der Waals surface area contributed by atoms with Crippen LogP contribution in [0.5, 0.6) is 0 Å². The van der Waals surface area contributed by atoms with Crippen LogP contribution in [0.4, 0.5) is 0 Å². The fraction of sp³-hybridized carbons (Fsp3) is 0.500. The fourth-order valence-electron chi connectivity index (χ4n) is 2.84. The zero-order valence-electron chi connectivity index (χ0n) is 10.5. The molecule has 2 rings (SSSR count). The molecule has 1 aliphatic rings. The van der Waals surface area contributed by atoms with E-state index in [1.807, 2.05) is 6.92 Å². The third kappa shape index (κ3) is 3.19. The second kappa shape index (κ2) is 6.02. The molecule has 3 unspecified atom stereocenters. The first kappa shape index (κ1) is 12.4. The molecule has 1 nitrogen and oxygen atoms in total. The third-order valence-corrected chi connectivity index (χ3v) is 3.89. The molecule has 17 heavy (non-hydrogen) atoms. The van der Waals surface area contributed by atoms with Crippen molar-refractivity contribution in [3.05, 3.63) is 48.0 Å². The van der Waals surface area contributed by atoms with Crippen LogP contribution in [0.25, 0.3) is 0 Å². The summed E-state index contributed by atoms with van der Waals surface area (Å²) in [5.74, 6) is 1.07. The second-order valence-corrected chi connectivity index (χ2v) is 5.05. The monoisotopic (exact) mass is 230 g/mol. The highest BCUT2D eigenvalue weighted by Crippen LogP contribution is 2.37. The van der Waals surface area contributed by atoms with Crippen molar-refractivity contribution >= 4 is 0 Å². The normalized spacial score (nSPS) is 29.6. The molecule has 1 aromatic rings. The predicted molar refractivity (Wildman–Crippen MR) is 72.0 cm³/mol. The largest absolute Gasteiger partial charge is 0.393 e. The Morgan fingerprint density at radius 2 is 2.00 bits per heavy atom. The van der Waals surface area contributed by atoms with Gasteiger partial charge in [-0.15, -0.1) is 0 Å². The van der Waals surface area contributed by atoms with Crippen LogP contribution in [0.15, 0.2) is 42.5 Å². The van der Waals surface area contributed by atoms with Gasteiger partial charge in [-0.2, -0.15) is 0 Å². The number of hydrogen-bond donors (Lipinski definition) is 1. The zero-order chi connectivity index (χ0) is 12.1. The Balaban J connectivity index is 2.02. The van der Waals surface area contributed by atoms with Gasteiger partial charge in [-0.05, 0) is 50.0 Å². The van der Waals surface area contributed by atoms with Crippen LogP contribution in [-0.2, 0) is 0 Å². The lowest BCUT2D eigenvalue weighted by Gasteiger charge is -2.33. The zero-order valence-corrected chi connectivity index (χ0v) is 10.5. The summed E-state index contributed by atoms with van der Waals surface area (Å²) in [6.45, 7) is 2.05. The van der Waals surface area contributed by atoms with Crippen LogP contribution in [0.2, 0.25) is 0 Å². The van der Waals surface area contributed by atoms with Crippen LogP contribution >= 0.6 is 0 Å².